The molecule has 1 N–H and O–H groups in total. The van der Waals surface area contributed by atoms with Gasteiger partial charge in [-0.1, -0.05) is 30.3 Å². The summed E-state index contributed by atoms with van der Waals surface area (Å²) >= 11 is 0. The summed E-state index contributed by atoms with van der Waals surface area (Å²) in [5.41, 5.74) is 1.81. The van der Waals surface area contributed by atoms with Crippen LogP contribution in [0, 0.1) is 0 Å². The molecule has 0 spiro atoms. The summed E-state index contributed by atoms with van der Waals surface area (Å²) < 4.78 is 44.3. The third-order valence-electron chi connectivity index (χ3n) is 4.82. The molecule has 2 aromatic rings. The van der Waals surface area contributed by atoms with Crippen LogP contribution in [0.1, 0.15) is 11.1 Å². The molecule has 1 saturated heterocycles. The van der Waals surface area contributed by atoms with Crippen molar-refractivity contribution in [2.75, 3.05) is 38.2 Å². The number of hydrogen-bond acceptors (Lipinski definition) is 5. The number of piperazine rings is 1. The Bertz CT molecular complexity index is 970. The van der Waals surface area contributed by atoms with E-state index in [0.717, 1.165) is 18.0 Å². The van der Waals surface area contributed by atoms with Crippen LogP contribution in [0.5, 0.6) is 5.75 Å². The normalized spacial score (nSPS) is 14.6. The van der Waals surface area contributed by atoms with E-state index in [1.807, 2.05) is 34.6 Å². The molecule has 2 amide bonds. The van der Waals surface area contributed by atoms with Gasteiger partial charge in [0, 0.05) is 31.7 Å². The number of carbonyl (C=O) groups is 2. The number of hydrogen-bond donors (Lipinski definition) is 1. The lowest BCUT2D eigenvalue weighted by Gasteiger charge is -2.36. The number of nitrogens with one attached hydrogen (secondary N) is 1. The average molecular weight is 434 g/mol. The fourth-order valence-electron chi connectivity index (χ4n) is 3.26. The maximum absolute atomic E-state index is 13.0. The quantitative estimate of drug-likeness (QED) is 0.456. The summed E-state index contributed by atoms with van der Waals surface area (Å²) in [5.74, 6) is -1.08. The van der Waals surface area contributed by atoms with Gasteiger partial charge in [0.05, 0.1) is 24.6 Å². The highest BCUT2D eigenvalue weighted by Gasteiger charge is 2.32. The molecule has 0 aliphatic carbocycles. The predicted molar refractivity (Wildman–Crippen MR) is 109 cm³/mol. The number of rotatable bonds is 4. The number of methoxy groups -OCH3 is 1. The fraction of sp³-hybridized carbons (Fsp3) is 0.286. The van der Waals surface area contributed by atoms with Crippen LogP contribution in [0.4, 0.5) is 18.9 Å². The van der Waals surface area contributed by atoms with Crippen LogP contribution in [-0.4, -0.2) is 56.2 Å². The molecule has 2 aromatic carbocycles. The molecule has 1 fully saturated rings. The van der Waals surface area contributed by atoms with E-state index in [-0.39, 0.29) is 5.56 Å². The van der Waals surface area contributed by atoms with E-state index in [1.165, 1.54) is 23.1 Å². The van der Waals surface area contributed by atoms with E-state index in [0.29, 0.717) is 31.9 Å². The lowest BCUT2D eigenvalue weighted by Crippen LogP contribution is -2.52. The van der Waals surface area contributed by atoms with Crippen LogP contribution < -0.4 is 15.1 Å². The van der Waals surface area contributed by atoms with Gasteiger partial charge in [0.15, 0.2) is 0 Å². The molecule has 0 aromatic heterocycles. The Morgan fingerprint density at radius 2 is 1.68 bits per heavy atom. The molecule has 1 aliphatic rings. The van der Waals surface area contributed by atoms with Crippen molar-refractivity contribution in [3.63, 3.8) is 0 Å². The Hall–Kier alpha value is -3.56. The van der Waals surface area contributed by atoms with Gasteiger partial charge in [0.2, 0.25) is 0 Å². The highest BCUT2D eigenvalue weighted by atomic mass is 19.4. The number of para-hydroxylation sites is 2. The van der Waals surface area contributed by atoms with Crippen LogP contribution in [0.15, 0.2) is 53.6 Å². The Labute approximate surface area is 177 Å². The molecular formula is C21H21F3N4O3. The summed E-state index contributed by atoms with van der Waals surface area (Å²) in [6.07, 6.45) is -3.68. The number of hydrazone groups is 1. The highest BCUT2D eigenvalue weighted by Crippen LogP contribution is 2.31. The zero-order valence-corrected chi connectivity index (χ0v) is 16.7. The second kappa shape index (κ2) is 9.50. The second-order valence-electron chi connectivity index (χ2n) is 6.74. The number of halogens is 3. The molecule has 1 heterocycles. The van der Waals surface area contributed by atoms with E-state index >= 15 is 0 Å². The standard InChI is InChI=1S/C21H21F3N4O3/c1-31-18-9-5-4-8-17(18)27-10-12-28(13-11-27)20(30)19(29)26-25-14-15-6-2-3-7-16(15)21(22,23)24/h2-9,14H,10-13H2,1H3,(H,26,29)/b25-14-. The first-order valence-corrected chi connectivity index (χ1v) is 9.47. The number of ether oxygens (including phenoxy) is 1. The zero-order chi connectivity index (χ0) is 22.4. The van der Waals surface area contributed by atoms with Crippen molar-refractivity contribution in [1.82, 2.24) is 10.3 Å². The number of amides is 2. The lowest BCUT2D eigenvalue weighted by molar-refractivity contribution is -0.146. The summed E-state index contributed by atoms with van der Waals surface area (Å²) in [4.78, 5) is 27.9. The van der Waals surface area contributed by atoms with Gasteiger partial charge < -0.3 is 14.5 Å². The molecule has 164 valence electrons. The van der Waals surface area contributed by atoms with Crippen molar-refractivity contribution in [2.24, 2.45) is 5.10 Å². The third-order valence-corrected chi connectivity index (χ3v) is 4.82. The molecule has 3 rings (SSSR count). The molecule has 0 unspecified atom stereocenters. The monoisotopic (exact) mass is 434 g/mol. The SMILES string of the molecule is COc1ccccc1N1CCN(C(=O)C(=O)N/N=C\c2ccccc2C(F)(F)F)CC1. The van der Waals surface area contributed by atoms with Gasteiger partial charge in [0.25, 0.3) is 0 Å². The topological polar surface area (TPSA) is 74.2 Å². The van der Waals surface area contributed by atoms with Crippen molar-refractivity contribution in [1.29, 1.82) is 0 Å². The van der Waals surface area contributed by atoms with Crippen molar-refractivity contribution < 1.29 is 27.5 Å². The summed E-state index contributed by atoms with van der Waals surface area (Å²) in [6, 6.07) is 12.3. The molecule has 0 radical (unpaired) electrons. The van der Waals surface area contributed by atoms with E-state index in [2.05, 4.69) is 5.10 Å². The van der Waals surface area contributed by atoms with Gasteiger partial charge in [-0.3, -0.25) is 9.59 Å². The Morgan fingerprint density at radius 3 is 2.35 bits per heavy atom. The Balaban J connectivity index is 1.56. The molecule has 31 heavy (non-hydrogen) atoms. The number of benzene rings is 2. The van der Waals surface area contributed by atoms with Gasteiger partial charge in [-0.2, -0.15) is 18.3 Å². The lowest BCUT2D eigenvalue weighted by atomic mass is 10.1. The molecule has 0 atom stereocenters. The van der Waals surface area contributed by atoms with E-state index in [1.54, 1.807) is 7.11 Å². The molecule has 7 nitrogen and oxygen atoms in total. The maximum Gasteiger partial charge on any atom is 0.417 e. The van der Waals surface area contributed by atoms with Crippen LogP contribution in [0.3, 0.4) is 0 Å². The number of carbonyl (C=O) groups excluding carboxylic acids is 2. The summed E-state index contributed by atoms with van der Waals surface area (Å²) in [6.45, 7) is 1.62. The van der Waals surface area contributed by atoms with Crippen LogP contribution >= 0.6 is 0 Å². The molecule has 0 saturated carbocycles. The first-order chi connectivity index (χ1) is 14.8. The minimum absolute atomic E-state index is 0.215. The van der Waals surface area contributed by atoms with Crippen LogP contribution in [0.25, 0.3) is 0 Å². The van der Waals surface area contributed by atoms with Gasteiger partial charge in [0.1, 0.15) is 5.75 Å². The minimum Gasteiger partial charge on any atom is -0.495 e. The molecular weight excluding hydrogens is 413 g/mol. The first-order valence-electron chi connectivity index (χ1n) is 9.47. The maximum atomic E-state index is 13.0. The largest absolute Gasteiger partial charge is 0.495 e. The molecule has 1 aliphatic heterocycles. The molecule has 10 heteroatoms. The van der Waals surface area contributed by atoms with Crippen molar-refractivity contribution >= 4 is 23.7 Å². The Morgan fingerprint density at radius 1 is 1.03 bits per heavy atom. The number of nitrogens with zero attached hydrogens (tertiary/aromatic N) is 3. The Kier molecular flexibility index (Phi) is 6.78. The number of alkyl halides is 3. The average Bonchev–Trinajstić information content (AvgIpc) is 2.78. The zero-order valence-electron chi connectivity index (χ0n) is 16.7. The third kappa shape index (κ3) is 5.33. The van der Waals surface area contributed by atoms with E-state index in [4.69, 9.17) is 4.74 Å². The predicted octanol–water partition coefficient (Wildman–Crippen LogP) is 2.51. The van der Waals surface area contributed by atoms with Crippen molar-refractivity contribution in [3.05, 3.63) is 59.7 Å². The first kappa shape index (κ1) is 22.1. The van der Waals surface area contributed by atoms with Gasteiger partial charge >= 0.3 is 18.0 Å². The second-order valence-corrected chi connectivity index (χ2v) is 6.74. The van der Waals surface area contributed by atoms with Crippen LogP contribution in [-0.2, 0) is 15.8 Å². The van der Waals surface area contributed by atoms with E-state index < -0.39 is 23.6 Å². The molecule has 0 bridgehead atoms. The van der Waals surface area contributed by atoms with Crippen LogP contribution in [0.2, 0.25) is 0 Å². The van der Waals surface area contributed by atoms with Gasteiger partial charge in [-0.15, -0.1) is 0 Å². The highest BCUT2D eigenvalue weighted by molar-refractivity contribution is 6.35. The van der Waals surface area contributed by atoms with Gasteiger partial charge in [-0.05, 0) is 18.2 Å². The van der Waals surface area contributed by atoms with Crippen molar-refractivity contribution in [3.8, 4) is 5.75 Å². The summed E-state index contributed by atoms with van der Waals surface area (Å²) in [7, 11) is 1.58. The number of anilines is 1. The van der Waals surface area contributed by atoms with E-state index in [9.17, 15) is 22.8 Å². The fourth-order valence-corrected chi connectivity index (χ4v) is 3.26. The minimum atomic E-state index is -4.55. The summed E-state index contributed by atoms with van der Waals surface area (Å²) in [5, 5.41) is 3.52. The van der Waals surface area contributed by atoms with Crippen molar-refractivity contribution in [2.45, 2.75) is 6.18 Å². The smallest absolute Gasteiger partial charge is 0.417 e. The van der Waals surface area contributed by atoms with Gasteiger partial charge in [-0.25, -0.2) is 5.43 Å².